The lowest BCUT2D eigenvalue weighted by atomic mass is 9.93. The first-order valence-corrected chi connectivity index (χ1v) is 15.9. The molecule has 1 saturated heterocycles. The molecule has 2 fully saturated rings. The Morgan fingerprint density at radius 3 is 2.64 bits per heavy atom. The van der Waals surface area contributed by atoms with Gasteiger partial charge < -0.3 is 34.7 Å². The summed E-state index contributed by atoms with van der Waals surface area (Å²) in [4.78, 5) is 40.2. The first kappa shape index (κ1) is 30.8. The number of fused-ring (bicyclic) bond motifs is 1. The lowest BCUT2D eigenvalue weighted by Gasteiger charge is -2.35. The molecule has 240 valence electrons. The molecule has 3 N–H and O–H groups in total. The summed E-state index contributed by atoms with van der Waals surface area (Å²) in [5, 5.41) is 17.3. The summed E-state index contributed by atoms with van der Waals surface area (Å²) < 4.78 is 11.3. The minimum atomic E-state index is -0.711. The first-order valence-electron chi connectivity index (χ1n) is 15.9. The maximum absolute atomic E-state index is 13.3. The molecule has 6 rings (SSSR count). The van der Waals surface area contributed by atoms with Gasteiger partial charge in [-0.05, 0) is 68.0 Å². The van der Waals surface area contributed by atoms with E-state index in [1.165, 1.54) is 23.9 Å². The van der Waals surface area contributed by atoms with Crippen LogP contribution in [0.5, 0.6) is 5.75 Å². The normalized spacial score (nSPS) is 17.8. The van der Waals surface area contributed by atoms with Crippen molar-refractivity contribution in [2.45, 2.75) is 64.8 Å². The number of amides is 2. The zero-order valence-electron chi connectivity index (χ0n) is 26.1. The van der Waals surface area contributed by atoms with Gasteiger partial charge in [0.25, 0.3) is 5.91 Å². The minimum Gasteiger partial charge on any atom is -0.486 e. The number of ether oxygens (including phenoxy) is 1. The van der Waals surface area contributed by atoms with Crippen molar-refractivity contribution in [3.05, 3.63) is 64.9 Å². The SMILES string of the molecule is CC(=O)N1CCN(c2cc(C(=O)NC[C@H](O)CN3CCc4cc(OCc5ocnc5C)ccc4C3)cc(NC3CCC3)n2)CC1. The Labute approximate surface area is 263 Å². The number of nitrogens with one attached hydrogen (secondary N) is 2. The number of hydrogen-bond acceptors (Lipinski definition) is 10. The second kappa shape index (κ2) is 13.9. The Bertz CT molecular complexity index is 1500. The molecule has 45 heavy (non-hydrogen) atoms. The molecule has 0 unspecified atom stereocenters. The number of carbonyl (C=O) groups excluding carboxylic acids is 2. The van der Waals surface area contributed by atoms with Crippen molar-refractivity contribution in [1.82, 2.24) is 25.1 Å². The number of rotatable bonds is 11. The number of aryl methyl sites for hydroxylation is 1. The Morgan fingerprint density at radius 1 is 1.11 bits per heavy atom. The van der Waals surface area contributed by atoms with Crippen LogP contribution < -0.4 is 20.3 Å². The number of nitrogens with zero attached hydrogens (tertiary/aromatic N) is 5. The number of aromatic nitrogens is 2. The van der Waals surface area contributed by atoms with Gasteiger partial charge in [0, 0.05) is 70.9 Å². The molecule has 4 heterocycles. The van der Waals surface area contributed by atoms with E-state index in [1.807, 2.05) is 24.0 Å². The van der Waals surface area contributed by atoms with Crippen LogP contribution in [0, 0.1) is 6.92 Å². The number of benzene rings is 1. The molecule has 1 aromatic carbocycles. The van der Waals surface area contributed by atoms with Gasteiger partial charge in [0.15, 0.2) is 12.2 Å². The zero-order valence-corrected chi connectivity index (χ0v) is 26.1. The molecule has 2 aliphatic heterocycles. The van der Waals surface area contributed by atoms with Crippen LogP contribution in [0.2, 0.25) is 0 Å². The minimum absolute atomic E-state index is 0.0735. The van der Waals surface area contributed by atoms with E-state index in [2.05, 4.69) is 37.6 Å². The van der Waals surface area contributed by atoms with Gasteiger partial charge in [-0.1, -0.05) is 6.07 Å². The number of β-amino-alcohol motifs (C(OH)–C–C–N with tert-alkyl or cyclic N) is 1. The summed E-state index contributed by atoms with van der Waals surface area (Å²) >= 11 is 0. The van der Waals surface area contributed by atoms with Crippen molar-refractivity contribution in [2.24, 2.45) is 0 Å². The van der Waals surface area contributed by atoms with Crippen molar-refractivity contribution in [2.75, 3.05) is 56.0 Å². The highest BCUT2D eigenvalue weighted by Crippen LogP contribution is 2.27. The van der Waals surface area contributed by atoms with Gasteiger partial charge in [-0.15, -0.1) is 0 Å². The van der Waals surface area contributed by atoms with Crippen LogP contribution in [0.15, 0.2) is 41.1 Å². The van der Waals surface area contributed by atoms with Crippen LogP contribution in [0.1, 0.15) is 59.1 Å². The van der Waals surface area contributed by atoms with Gasteiger partial charge in [-0.25, -0.2) is 9.97 Å². The van der Waals surface area contributed by atoms with Gasteiger partial charge in [0.1, 0.15) is 24.0 Å². The largest absolute Gasteiger partial charge is 0.486 e. The van der Waals surface area contributed by atoms with Gasteiger partial charge in [-0.3, -0.25) is 14.5 Å². The summed E-state index contributed by atoms with van der Waals surface area (Å²) in [6.07, 6.45) is 4.95. The fourth-order valence-corrected chi connectivity index (χ4v) is 6.02. The molecular formula is C33H43N7O5. The topological polar surface area (TPSA) is 136 Å². The smallest absolute Gasteiger partial charge is 0.251 e. The van der Waals surface area contributed by atoms with Crippen LogP contribution >= 0.6 is 0 Å². The molecule has 1 atom stereocenters. The Hall–Kier alpha value is -4.16. The second-order valence-corrected chi connectivity index (χ2v) is 12.3. The van der Waals surface area contributed by atoms with E-state index in [-0.39, 0.29) is 18.4 Å². The Kier molecular flexibility index (Phi) is 9.50. The van der Waals surface area contributed by atoms with Crippen LogP contribution in [0.4, 0.5) is 11.6 Å². The number of oxazole rings is 1. The number of aliphatic hydroxyl groups excluding tert-OH is 1. The summed E-state index contributed by atoms with van der Waals surface area (Å²) in [5.41, 5.74) is 3.78. The predicted molar refractivity (Wildman–Crippen MR) is 169 cm³/mol. The van der Waals surface area contributed by atoms with Crippen molar-refractivity contribution in [3.63, 3.8) is 0 Å². The van der Waals surface area contributed by atoms with E-state index in [4.69, 9.17) is 14.1 Å². The van der Waals surface area contributed by atoms with E-state index in [0.29, 0.717) is 56.8 Å². The highest BCUT2D eigenvalue weighted by atomic mass is 16.5. The van der Waals surface area contributed by atoms with E-state index >= 15 is 0 Å². The number of piperazine rings is 1. The summed E-state index contributed by atoms with van der Waals surface area (Å²) in [7, 11) is 0. The van der Waals surface area contributed by atoms with Crippen LogP contribution in [0.25, 0.3) is 0 Å². The fraction of sp³-hybridized carbons (Fsp3) is 0.515. The van der Waals surface area contributed by atoms with E-state index in [0.717, 1.165) is 55.4 Å². The average Bonchev–Trinajstić information content (AvgIpc) is 3.44. The highest BCUT2D eigenvalue weighted by Gasteiger charge is 2.24. The maximum Gasteiger partial charge on any atom is 0.251 e. The standard InChI is InChI=1S/C33H43N7O5/c1-22-30(45-21-35-22)20-44-29-7-6-25-18-38(9-8-24(25)14-29)19-28(42)17-34-33(43)26-15-31(36-27-4-3-5-27)37-32(16-26)40-12-10-39(11-13-40)23(2)41/h6-7,14-16,21,27-28,42H,3-5,8-13,17-20H2,1-2H3,(H,34,43)(H,36,37)/t28-/m0/s1. The van der Waals surface area contributed by atoms with Gasteiger partial charge >= 0.3 is 0 Å². The van der Waals surface area contributed by atoms with Crippen LogP contribution in [-0.4, -0.2) is 94.6 Å². The average molecular weight is 618 g/mol. The molecule has 12 heteroatoms. The number of anilines is 2. The summed E-state index contributed by atoms with van der Waals surface area (Å²) in [6.45, 7) is 8.55. The summed E-state index contributed by atoms with van der Waals surface area (Å²) in [5.74, 6) is 2.76. The van der Waals surface area contributed by atoms with Crippen molar-refractivity contribution < 1.29 is 23.8 Å². The maximum atomic E-state index is 13.3. The molecule has 2 aromatic heterocycles. The lowest BCUT2D eigenvalue weighted by molar-refractivity contribution is -0.129. The van der Waals surface area contributed by atoms with Gasteiger partial charge in [-0.2, -0.15) is 0 Å². The van der Waals surface area contributed by atoms with Gasteiger partial charge in [0.2, 0.25) is 5.91 Å². The van der Waals surface area contributed by atoms with Crippen LogP contribution in [-0.2, 0) is 24.4 Å². The summed E-state index contributed by atoms with van der Waals surface area (Å²) in [6, 6.07) is 10.1. The van der Waals surface area contributed by atoms with Crippen molar-refractivity contribution in [3.8, 4) is 5.75 Å². The molecular weight excluding hydrogens is 574 g/mol. The molecule has 0 bridgehead atoms. The quantitative estimate of drug-likeness (QED) is 0.295. The van der Waals surface area contributed by atoms with Crippen LogP contribution in [0.3, 0.4) is 0 Å². The fourth-order valence-electron chi connectivity index (χ4n) is 6.02. The van der Waals surface area contributed by atoms with Crippen molar-refractivity contribution in [1.29, 1.82) is 0 Å². The predicted octanol–water partition coefficient (Wildman–Crippen LogP) is 2.74. The number of aliphatic hydroxyl groups is 1. The van der Waals surface area contributed by atoms with Gasteiger partial charge in [0.05, 0.1) is 11.8 Å². The Balaban J connectivity index is 1.02. The third kappa shape index (κ3) is 7.74. The third-order valence-electron chi connectivity index (χ3n) is 9.03. The number of pyridine rings is 1. The third-order valence-corrected chi connectivity index (χ3v) is 9.03. The lowest BCUT2D eigenvalue weighted by Crippen LogP contribution is -2.48. The van der Waals surface area contributed by atoms with Crippen molar-refractivity contribution >= 4 is 23.5 Å². The molecule has 3 aromatic rings. The molecule has 0 spiro atoms. The zero-order chi connectivity index (χ0) is 31.3. The molecule has 12 nitrogen and oxygen atoms in total. The number of carbonyl (C=O) groups is 2. The first-order chi connectivity index (χ1) is 21.8. The monoisotopic (exact) mass is 617 g/mol. The molecule has 3 aliphatic rings. The molecule has 1 saturated carbocycles. The second-order valence-electron chi connectivity index (χ2n) is 12.3. The molecule has 0 radical (unpaired) electrons. The molecule has 2 amide bonds. The van der Waals surface area contributed by atoms with E-state index in [9.17, 15) is 14.7 Å². The Morgan fingerprint density at radius 2 is 1.93 bits per heavy atom. The molecule has 1 aliphatic carbocycles. The highest BCUT2D eigenvalue weighted by molar-refractivity contribution is 5.95. The number of hydrogen-bond donors (Lipinski definition) is 3. The van der Waals surface area contributed by atoms with E-state index < -0.39 is 6.10 Å². The van der Waals surface area contributed by atoms with E-state index in [1.54, 1.807) is 13.0 Å².